The van der Waals surface area contributed by atoms with Gasteiger partial charge in [0.1, 0.15) is 0 Å². The molecular weight excluding hydrogens is 268 g/mol. The number of hydrogen-bond donors (Lipinski definition) is 1. The van der Waals surface area contributed by atoms with Crippen LogP contribution in [0.3, 0.4) is 0 Å². The molecule has 2 heterocycles. The molecule has 1 amide bonds. The van der Waals surface area contributed by atoms with Gasteiger partial charge in [0.25, 0.3) is 0 Å². The standard InChI is InChI=1S/C16H28N2OS/c19-16-11-14(17-13-7-9-20-10-8-13)12-18(16)15-5-3-1-2-4-6-15/h13-15,17H,1-12H2. The van der Waals surface area contributed by atoms with Gasteiger partial charge in [-0.25, -0.2) is 0 Å². The summed E-state index contributed by atoms with van der Waals surface area (Å²) in [5.41, 5.74) is 0. The number of hydrogen-bond acceptors (Lipinski definition) is 3. The zero-order valence-corrected chi connectivity index (χ0v) is 13.3. The lowest BCUT2D eigenvalue weighted by molar-refractivity contribution is -0.129. The van der Waals surface area contributed by atoms with Crippen LogP contribution in [-0.4, -0.2) is 47.0 Å². The van der Waals surface area contributed by atoms with Crippen molar-refractivity contribution >= 4 is 17.7 Å². The minimum absolute atomic E-state index is 0.402. The summed E-state index contributed by atoms with van der Waals surface area (Å²) in [6.45, 7) is 0.965. The largest absolute Gasteiger partial charge is 0.338 e. The van der Waals surface area contributed by atoms with Crippen molar-refractivity contribution in [3.05, 3.63) is 0 Å². The molecule has 2 aliphatic heterocycles. The van der Waals surface area contributed by atoms with Gasteiger partial charge in [0.15, 0.2) is 0 Å². The molecule has 0 aromatic heterocycles. The van der Waals surface area contributed by atoms with E-state index >= 15 is 0 Å². The van der Waals surface area contributed by atoms with E-state index in [0.29, 0.717) is 24.0 Å². The number of nitrogens with one attached hydrogen (secondary N) is 1. The topological polar surface area (TPSA) is 32.3 Å². The van der Waals surface area contributed by atoms with Crippen LogP contribution >= 0.6 is 11.8 Å². The highest BCUT2D eigenvalue weighted by molar-refractivity contribution is 7.99. The third-order valence-electron chi connectivity index (χ3n) is 5.12. The van der Waals surface area contributed by atoms with E-state index in [-0.39, 0.29) is 0 Å². The minimum Gasteiger partial charge on any atom is -0.338 e. The molecule has 3 aliphatic rings. The van der Waals surface area contributed by atoms with Crippen molar-refractivity contribution in [1.82, 2.24) is 10.2 Å². The molecule has 2 saturated heterocycles. The van der Waals surface area contributed by atoms with Gasteiger partial charge in [0.05, 0.1) is 0 Å². The van der Waals surface area contributed by atoms with Crippen LogP contribution in [0.1, 0.15) is 57.8 Å². The van der Waals surface area contributed by atoms with E-state index in [0.717, 1.165) is 13.0 Å². The van der Waals surface area contributed by atoms with E-state index in [4.69, 9.17) is 0 Å². The van der Waals surface area contributed by atoms with Gasteiger partial charge in [-0.2, -0.15) is 11.8 Å². The third kappa shape index (κ3) is 3.70. The van der Waals surface area contributed by atoms with Gasteiger partial charge < -0.3 is 10.2 Å². The molecule has 3 rings (SSSR count). The molecule has 0 spiro atoms. The van der Waals surface area contributed by atoms with Crippen LogP contribution < -0.4 is 5.32 Å². The monoisotopic (exact) mass is 296 g/mol. The summed E-state index contributed by atoms with van der Waals surface area (Å²) in [6.07, 6.45) is 11.1. The second-order valence-corrected chi connectivity index (χ2v) is 7.87. The van der Waals surface area contributed by atoms with Crippen LogP contribution in [0, 0.1) is 0 Å². The van der Waals surface area contributed by atoms with Gasteiger partial charge in [-0.15, -0.1) is 0 Å². The molecular formula is C16H28N2OS. The fraction of sp³-hybridized carbons (Fsp3) is 0.938. The van der Waals surface area contributed by atoms with E-state index in [9.17, 15) is 4.79 Å². The average molecular weight is 296 g/mol. The molecule has 1 aliphatic carbocycles. The zero-order chi connectivity index (χ0) is 13.8. The maximum atomic E-state index is 12.3. The number of likely N-dealkylation sites (tertiary alicyclic amines) is 1. The lowest BCUT2D eigenvalue weighted by Crippen LogP contribution is -2.43. The molecule has 3 nitrogen and oxygen atoms in total. The van der Waals surface area contributed by atoms with Crippen LogP contribution in [0.15, 0.2) is 0 Å². The molecule has 0 radical (unpaired) electrons. The Hall–Kier alpha value is -0.220. The molecule has 0 aromatic carbocycles. The Kier molecular flexibility index (Phi) is 5.27. The first-order chi connectivity index (χ1) is 9.83. The smallest absolute Gasteiger partial charge is 0.224 e. The Morgan fingerprint density at radius 1 is 0.950 bits per heavy atom. The fourth-order valence-corrected chi connectivity index (χ4v) is 5.07. The summed E-state index contributed by atoms with van der Waals surface area (Å²) in [5, 5.41) is 3.76. The molecule has 20 heavy (non-hydrogen) atoms. The molecule has 1 saturated carbocycles. The summed E-state index contributed by atoms with van der Waals surface area (Å²) in [7, 11) is 0. The van der Waals surface area contributed by atoms with Gasteiger partial charge in [0.2, 0.25) is 5.91 Å². The first-order valence-corrected chi connectivity index (χ1v) is 9.61. The summed E-state index contributed by atoms with van der Waals surface area (Å²) < 4.78 is 0. The van der Waals surface area contributed by atoms with E-state index in [2.05, 4.69) is 22.0 Å². The normalized spacial score (nSPS) is 30.7. The Labute approximate surface area is 127 Å². The number of amides is 1. The maximum Gasteiger partial charge on any atom is 0.224 e. The van der Waals surface area contributed by atoms with Crippen molar-refractivity contribution in [3.8, 4) is 0 Å². The Balaban J connectivity index is 1.51. The quantitative estimate of drug-likeness (QED) is 0.813. The Bertz CT molecular complexity index is 322. The third-order valence-corrected chi connectivity index (χ3v) is 6.17. The summed E-state index contributed by atoms with van der Waals surface area (Å²) in [6, 6.07) is 1.61. The molecule has 0 bridgehead atoms. The number of rotatable bonds is 3. The second-order valence-electron chi connectivity index (χ2n) is 6.65. The molecule has 4 heteroatoms. The van der Waals surface area contributed by atoms with Gasteiger partial charge in [0, 0.05) is 31.1 Å². The lowest BCUT2D eigenvalue weighted by atomic mass is 10.1. The van der Waals surface area contributed by atoms with Gasteiger partial charge in [-0.05, 0) is 37.2 Å². The Morgan fingerprint density at radius 3 is 2.35 bits per heavy atom. The van der Waals surface area contributed by atoms with Crippen LogP contribution in [0.5, 0.6) is 0 Å². The van der Waals surface area contributed by atoms with Crippen LogP contribution in [0.2, 0.25) is 0 Å². The second kappa shape index (κ2) is 7.17. The Morgan fingerprint density at radius 2 is 1.65 bits per heavy atom. The molecule has 1 N–H and O–H groups in total. The molecule has 1 atom stereocenters. The molecule has 114 valence electrons. The predicted octanol–water partition coefficient (Wildman–Crippen LogP) is 2.80. The van der Waals surface area contributed by atoms with Crippen molar-refractivity contribution < 1.29 is 4.79 Å². The van der Waals surface area contributed by atoms with Crippen molar-refractivity contribution in [2.24, 2.45) is 0 Å². The van der Waals surface area contributed by atoms with Crippen molar-refractivity contribution in [2.75, 3.05) is 18.1 Å². The van der Waals surface area contributed by atoms with Crippen molar-refractivity contribution in [1.29, 1.82) is 0 Å². The van der Waals surface area contributed by atoms with E-state index in [1.54, 1.807) is 0 Å². The molecule has 1 unspecified atom stereocenters. The SMILES string of the molecule is O=C1CC(NC2CCSCC2)CN1C1CCCCCC1. The van der Waals surface area contributed by atoms with E-state index in [1.807, 2.05) is 0 Å². The number of carbonyl (C=O) groups excluding carboxylic acids is 1. The highest BCUT2D eigenvalue weighted by atomic mass is 32.2. The van der Waals surface area contributed by atoms with E-state index < -0.39 is 0 Å². The first kappa shape index (κ1) is 14.7. The molecule has 0 aromatic rings. The highest BCUT2D eigenvalue weighted by Gasteiger charge is 2.35. The van der Waals surface area contributed by atoms with Crippen LogP contribution in [0.4, 0.5) is 0 Å². The first-order valence-electron chi connectivity index (χ1n) is 8.46. The zero-order valence-electron chi connectivity index (χ0n) is 12.5. The highest BCUT2D eigenvalue weighted by Crippen LogP contribution is 2.26. The summed E-state index contributed by atoms with van der Waals surface area (Å²) in [4.78, 5) is 14.5. The van der Waals surface area contributed by atoms with Crippen LogP contribution in [0.25, 0.3) is 0 Å². The average Bonchev–Trinajstić information content (AvgIpc) is 2.68. The number of nitrogens with zero attached hydrogens (tertiary/aromatic N) is 1. The van der Waals surface area contributed by atoms with Crippen molar-refractivity contribution in [3.63, 3.8) is 0 Å². The number of thioether (sulfide) groups is 1. The summed E-state index contributed by atoms with van der Waals surface area (Å²) >= 11 is 2.07. The van der Waals surface area contributed by atoms with Gasteiger partial charge in [-0.1, -0.05) is 25.7 Å². The fourth-order valence-electron chi connectivity index (χ4n) is 3.96. The number of carbonyl (C=O) groups is 1. The maximum absolute atomic E-state index is 12.3. The minimum atomic E-state index is 0.402. The van der Waals surface area contributed by atoms with Crippen molar-refractivity contribution in [2.45, 2.75) is 75.9 Å². The van der Waals surface area contributed by atoms with Crippen LogP contribution in [-0.2, 0) is 4.79 Å². The molecule has 3 fully saturated rings. The van der Waals surface area contributed by atoms with Gasteiger partial charge in [-0.3, -0.25) is 4.79 Å². The lowest BCUT2D eigenvalue weighted by Gasteiger charge is -2.29. The van der Waals surface area contributed by atoms with Gasteiger partial charge >= 0.3 is 0 Å². The van der Waals surface area contributed by atoms with E-state index in [1.165, 1.54) is 62.9 Å². The summed E-state index contributed by atoms with van der Waals surface area (Å²) in [5.74, 6) is 2.97. The predicted molar refractivity (Wildman–Crippen MR) is 85.1 cm³/mol.